The Morgan fingerprint density at radius 3 is 2.67 bits per heavy atom. The second-order valence-electron chi connectivity index (χ2n) is 9.25. The summed E-state index contributed by atoms with van der Waals surface area (Å²) in [6, 6.07) is 5.63. The monoisotopic (exact) mass is 531 g/mol. The topological polar surface area (TPSA) is 126 Å². The molecule has 2 heterocycles. The minimum atomic E-state index is -3.69. The number of carbonyl (C=O) groups is 1. The number of thiazole rings is 1. The molecule has 3 N–H and O–H groups in total. The maximum Gasteiger partial charge on any atom is 0.407 e. The van der Waals surface area contributed by atoms with Crippen molar-refractivity contribution in [3.05, 3.63) is 53.2 Å². The van der Waals surface area contributed by atoms with Gasteiger partial charge >= 0.3 is 6.09 Å². The number of hydrogen-bond donors (Lipinski definition) is 3. The maximum atomic E-state index is 13.1. The number of aromatic amines is 1. The number of aromatic nitrogens is 3. The van der Waals surface area contributed by atoms with Crippen molar-refractivity contribution in [1.82, 2.24) is 25.0 Å². The highest BCUT2D eigenvalue weighted by molar-refractivity contribution is 7.89. The number of imidazole rings is 1. The number of ether oxygens (including phenoxy) is 1. The first kappa shape index (κ1) is 26.3. The smallest absolute Gasteiger partial charge is 0.407 e. The minimum Gasteiger partial charge on any atom is -0.447 e. The van der Waals surface area contributed by atoms with E-state index in [1.165, 1.54) is 0 Å². The van der Waals surface area contributed by atoms with Gasteiger partial charge in [0.15, 0.2) is 0 Å². The molecule has 1 aliphatic rings. The Kier molecular flexibility index (Phi) is 8.43. The highest BCUT2D eigenvalue weighted by atomic mass is 32.2. The van der Waals surface area contributed by atoms with Crippen LogP contribution in [0.4, 0.5) is 4.79 Å². The molecule has 1 fully saturated rings. The van der Waals surface area contributed by atoms with Crippen molar-refractivity contribution < 1.29 is 17.9 Å². The van der Waals surface area contributed by atoms with Gasteiger partial charge in [-0.2, -0.15) is 0 Å². The average molecular weight is 532 g/mol. The lowest BCUT2D eigenvalue weighted by Crippen LogP contribution is -2.38. The molecule has 2 aromatic heterocycles. The zero-order valence-electron chi connectivity index (χ0n) is 20.8. The predicted octanol–water partition coefficient (Wildman–Crippen LogP) is 4.58. The zero-order chi connectivity index (χ0) is 25.7. The third kappa shape index (κ3) is 6.51. The summed E-state index contributed by atoms with van der Waals surface area (Å²) < 4.78 is 34.0. The van der Waals surface area contributed by atoms with Gasteiger partial charge in [0.1, 0.15) is 5.82 Å². The van der Waals surface area contributed by atoms with Gasteiger partial charge in [0.05, 0.1) is 20.9 Å². The molecule has 0 unspecified atom stereocenters. The molecule has 9 nitrogen and oxygen atoms in total. The van der Waals surface area contributed by atoms with E-state index in [-0.39, 0.29) is 29.1 Å². The van der Waals surface area contributed by atoms with E-state index in [0.717, 1.165) is 47.0 Å². The van der Waals surface area contributed by atoms with Crippen LogP contribution in [-0.2, 0) is 21.2 Å². The fraction of sp³-hybridized carbons (Fsp3) is 0.480. The van der Waals surface area contributed by atoms with E-state index in [1.54, 1.807) is 42.9 Å². The lowest BCUT2D eigenvalue weighted by Gasteiger charge is -2.28. The molecule has 1 amide bonds. The molecule has 11 heteroatoms. The summed E-state index contributed by atoms with van der Waals surface area (Å²) in [5.41, 5.74) is 1.51. The Balaban J connectivity index is 1.51. The van der Waals surface area contributed by atoms with E-state index >= 15 is 0 Å². The SMILES string of the molecule is CCNS(=O)(=O)c1cc(Cc2ncc[nH]2)ccc1-c1cnc([C@H]2CC[C@H](NC(=O)OC(C)C)CC2)s1. The summed E-state index contributed by atoms with van der Waals surface area (Å²) in [5, 5.41) is 3.95. The van der Waals surface area contributed by atoms with Crippen LogP contribution in [0.1, 0.15) is 68.8 Å². The maximum absolute atomic E-state index is 13.1. The number of sulfonamides is 1. The first-order valence-corrected chi connectivity index (χ1v) is 14.6. The zero-order valence-corrected chi connectivity index (χ0v) is 22.4. The summed E-state index contributed by atoms with van der Waals surface area (Å²) in [5.74, 6) is 1.06. The van der Waals surface area contributed by atoms with Crippen LogP contribution in [0.25, 0.3) is 10.4 Å². The number of benzene rings is 1. The van der Waals surface area contributed by atoms with Crippen LogP contribution in [0.15, 0.2) is 41.7 Å². The summed E-state index contributed by atoms with van der Waals surface area (Å²) in [7, 11) is -3.69. The number of nitrogens with zero attached hydrogens (tertiary/aromatic N) is 2. The van der Waals surface area contributed by atoms with Crippen LogP contribution in [0.3, 0.4) is 0 Å². The van der Waals surface area contributed by atoms with E-state index < -0.39 is 10.0 Å². The first-order chi connectivity index (χ1) is 17.2. The molecule has 0 saturated heterocycles. The summed E-state index contributed by atoms with van der Waals surface area (Å²) in [6.45, 7) is 5.73. The molecule has 0 bridgehead atoms. The van der Waals surface area contributed by atoms with Gasteiger partial charge in [0, 0.05) is 49.1 Å². The molecule has 36 heavy (non-hydrogen) atoms. The Morgan fingerprint density at radius 1 is 1.22 bits per heavy atom. The van der Waals surface area contributed by atoms with Crippen molar-refractivity contribution in [1.29, 1.82) is 0 Å². The van der Waals surface area contributed by atoms with Crippen LogP contribution in [0.2, 0.25) is 0 Å². The average Bonchev–Trinajstić information content (AvgIpc) is 3.51. The molecular weight excluding hydrogens is 498 g/mol. The number of nitrogens with one attached hydrogen (secondary N) is 3. The quantitative estimate of drug-likeness (QED) is 0.371. The number of alkyl carbamates (subject to hydrolysis) is 1. The molecule has 3 aromatic rings. The first-order valence-electron chi connectivity index (χ1n) is 12.3. The van der Waals surface area contributed by atoms with Crippen LogP contribution in [-0.4, -0.2) is 48.2 Å². The van der Waals surface area contributed by atoms with Gasteiger partial charge in [-0.15, -0.1) is 11.3 Å². The third-order valence-corrected chi connectivity index (χ3v) is 8.91. The Labute approximate surface area is 216 Å². The molecule has 194 valence electrons. The van der Waals surface area contributed by atoms with E-state index in [4.69, 9.17) is 4.74 Å². The fourth-order valence-corrected chi connectivity index (χ4v) is 6.96. The predicted molar refractivity (Wildman–Crippen MR) is 140 cm³/mol. The molecule has 1 saturated carbocycles. The highest BCUT2D eigenvalue weighted by Gasteiger charge is 2.27. The summed E-state index contributed by atoms with van der Waals surface area (Å²) >= 11 is 1.54. The Morgan fingerprint density at radius 2 is 2.00 bits per heavy atom. The largest absolute Gasteiger partial charge is 0.447 e. The van der Waals surface area contributed by atoms with Gasteiger partial charge in [-0.1, -0.05) is 19.1 Å². The molecule has 1 aliphatic carbocycles. The summed E-state index contributed by atoms with van der Waals surface area (Å²) in [4.78, 5) is 25.0. The van der Waals surface area contributed by atoms with Crippen LogP contribution < -0.4 is 10.0 Å². The molecule has 0 aliphatic heterocycles. The molecule has 1 aromatic carbocycles. The number of H-pyrrole nitrogens is 1. The number of hydrogen-bond acceptors (Lipinski definition) is 7. The molecule has 0 spiro atoms. The van der Waals surface area contributed by atoms with Crippen molar-refractivity contribution in [2.75, 3.05) is 6.54 Å². The fourth-order valence-electron chi connectivity index (χ4n) is 4.46. The van der Waals surface area contributed by atoms with E-state index in [0.29, 0.717) is 18.5 Å². The lowest BCUT2D eigenvalue weighted by atomic mass is 9.86. The second-order valence-corrected chi connectivity index (χ2v) is 12.1. The van der Waals surface area contributed by atoms with Gasteiger partial charge in [-0.05, 0) is 51.2 Å². The van der Waals surface area contributed by atoms with E-state index in [9.17, 15) is 13.2 Å². The van der Waals surface area contributed by atoms with Crippen LogP contribution in [0.5, 0.6) is 0 Å². The molecule has 4 rings (SSSR count). The summed E-state index contributed by atoms with van der Waals surface area (Å²) in [6.07, 6.45) is 8.73. The standard InChI is InChI=1S/C25H33N5O4S2/c1-4-29-36(32,33)22-13-17(14-23-26-11-12-27-23)5-10-20(22)21-15-28-24(35-21)18-6-8-19(9-7-18)30-25(31)34-16(2)3/h5,10-13,15-16,18-19,29H,4,6-9,14H2,1-3H3,(H,26,27)(H,30,31)/t18-,19-. The molecule has 0 atom stereocenters. The minimum absolute atomic E-state index is 0.102. The number of rotatable bonds is 9. The number of amides is 1. The van der Waals surface area contributed by atoms with Gasteiger partial charge in [-0.3, -0.25) is 0 Å². The van der Waals surface area contributed by atoms with Crippen molar-refractivity contribution in [3.8, 4) is 10.4 Å². The van der Waals surface area contributed by atoms with Crippen LogP contribution in [0, 0.1) is 0 Å². The second kappa shape index (κ2) is 11.5. The third-order valence-electron chi connectivity index (χ3n) is 6.13. The Bertz CT molecular complexity index is 1260. The van der Waals surface area contributed by atoms with E-state index in [2.05, 4.69) is 25.0 Å². The van der Waals surface area contributed by atoms with Crippen molar-refractivity contribution in [3.63, 3.8) is 0 Å². The van der Waals surface area contributed by atoms with Crippen molar-refractivity contribution in [2.24, 2.45) is 0 Å². The normalized spacial score (nSPS) is 18.3. The lowest BCUT2D eigenvalue weighted by molar-refractivity contribution is 0.109. The molecular formula is C25H33N5O4S2. The van der Waals surface area contributed by atoms with Crippen LogP contribution >= 0.6 is 11.3 Å². The van der Waals surface area contributed by atoms with Gasteiger partial charge < -0.3 is 15.0 Å². The van der Waals surface area contributed by atoms with Crippen molar-refractivity contribution in [2.45, 2.75) is 75.8 Å². The Hall–Kier alpha value is -2.76. The van der Waals surface area contributed by atoms with Gasteiger partial charge in [0.2, 0.25) is 10.0 Å². The highest BCUT2D eigenvalue weighted by Crippen LogP contribution is 2.39. The van der Waals surface area contributed by atoms with Gasteiger partial charge in [0.25, 0.3) is 0 Å². The van der Waals surface area contributed by atoms with E-state index in [1.807, 2.05) is 26.0 Å². The van der Waals surface area contributed by atoms with Gasteiger partial charge in [-0.25, -0.2) is 27.9 Å². The molecule has 0 radical (unpaired) electrons. The van der Waals surface area contributed by atoms with Crippen molar-refractivity contribution >= 4 is 27.5 Å². The number of carbonyl (C=O) groups excluding carboxylic acids is 1.